The van der Waals surface area contributed by atoms with Crippen molar-refractivity contribution in [2.24, 2.45) is 0 Å². The number of hydroxylamine groups is 2. The second-order valence-corrected chi connectivity index (χ2v) is 3.78. The summed E-state index contributed by atoms with van der Waals surface area (Å²) in [7, 11) is 0. The van der Waals surface area contributed by atoms with Crippen molar-refractivity contribution < 1.29 is 5.21 Å². The molecule has 70 valence electrons. The van der Waals surface area contributed by atoms with E-state index in [0.29, 0.717) is 0 Å². The fraction of sp³-hybridized carbons (Fsp3) is 0.500. The average Bonchev–Trinajstić information content (AvgIpc) is 2.57. The van der Waals surface area contributed by atoms with Crippen LogP contribution in [0.25, 0.3) is 0 Å². The van der Waals surface area contributed by atoms with Gasteiger partial charge < -0.3 is 5.21 Å². The van der Waals surface area contributed by atoms with Crippen LogP contribution < -0.4 is 0 Å². The third-order valence-corrected chi connectivity index (χ3v) is 2.49. The van der Waals surface area contributed by atoms with Crippen LogP contribution in [0, 0.1) is 13.8 Å². The van der Waals surface area contributed by atoms with Crippen molar-refractivity contribution in [3.05, 3.63) is 29.1 Å². The van der Waals surface area contributed by atoms with Crippen LogP contribution in [0.15, 0.2) is 12.1 Å². The maximum Gasteiger partial charge on any atom is 0.0950 e. The quantitative estimate of drug-likeness (QED) is 0.666. The van der Waals surface area contributed by atoms with Crippen molar-refractivity contribution in [1.82, 2.24) is 10.0 Å². The molecule has 1 saturated heterocycles. The highest BCUT2D eigenvalue weighted by atomic mass is 16.5. The summed E-state index contributed by atoms with van der Waals surface area (Å²) in [4.78, 5) is 4.40. The number of rotatable bonds is 1. The molecule has 0 aliphatic carbocycles. The lowest BCUT2D eigenvalue weighted by molar-refractivity contribution is 0.00661. The molecule has 0 radical (unpaired) electrons. The number of hydrogen-bond acceptors (Lipinski definition) is 3. The minimum Gasteiger partial charge on any atom is -0.313 e. The van der Waals surface area contributed by atoms with Gasteiger partial charge in [0.25, 0.3) is 0 Å². The van der Waals surface area contributed by atoms with E-state index in [0.717, 1.165) is 11.4 Å². The summed E-state index contributed by atoms with van der Waals surface area (Å²) in [5.74, 6) is 0. The summed E-state index contributed by atoms with van der Waals surface area (Å²) < 4.78 is 0. The van der Waals surface area contributed by atoms with E-state index < -0.39 is 0 Å². The lowest BCUT2D eigenvalue weighted by atomic mass is 10.1. The summed E-state index contributed by atoms with van der Waals surface area (Å²) in [6.07, 6.45) is 0. The highest BCUT2D eigenvalue weighted by Gasteiger charge is 2.45. The predicted molar refractivity (Wildman–Crippen MR) is 49.5 cm³/mol. The van der Waals surface area contributed by atoms with Crippen LogP contribution >= 0.6 is 0 Å². The molecule has 1 aliphatic heterocycles. The van der Waals surface area contributed by atoms with E-state index in [2.05, 4.69) is 4.98 Å². The summed E-state index contributed by atoms with van der Waals surface area (Å²) >= 11 is 0. The van der Waals surface area contributed by atoms with Crippen molar-refractivity contribution in [2.45, 2.75) is 32.9 Å². The standard InChI is InChI=1S/C10H14N2O/c1-6-4-7(2)11-9(5-6)10-8(3)12(10)13/h4-5,8,10,13H,1-3H3/t8?,10-,12?/m0/s1. The van der Waals surface area contributed by atoms with Gasteiger partial charge in [-0.2, -0.15) is 5.06 Å². The van der Waals surface area contributed by atoms with Crippen LogP contribution in [-0.2, 0) is 0 Å². The Morgan fingerprint density at radius 3 is 2.46 bits per heavy atom. The average molecular weight is 178 g/mol. The first-order valence-corrected chi connectivity index (χ1v) is 4.52. The van der Waals surface area contributed by atoms with Crippen LogP contribution in [0.1, 0.15) is 29.9 Å². The maximum absolute atomic E-state index is 9.32. The third-order valence-electron chi connectivity index (χ3n) is 2.49. The van der Waals surface area contributed by atoms with Gasteiger partial charge in [-0.25, -0.2) is 0 Å². The van der Waals surface area contributed by atoms with E-state index in [1.54, 1.807) is 0 Å². The van der Waals surface area contributed by atoms with Gasteiger partial charge in [0, 0.05) is 5.69 Å². The van der Waals surface area contributed by atoms with Crippen molar-refractivity contribution >= 4 is 0 Å². The molecule has 1 N–H and O–H groups in total. The minimum absolute atomic E-state index is 0.110. The monoisotopic (exact) mass is 178 g/mol. The Hall–Kier alpha value is -0.930. The summed E-state index contributed by atoms with van der Waals surface area (Å²) in [6, 6.07) is 4.40. The van der Waals surface area contributed by atoms with Crippen molar-refractivity contribution in [2.75, 3.05) is 0 Å². The number of pyridine rings is 1. The van der Waals surface area contributed by atoms with Gasteiger partial charge in [-0.15, -0.1) is 0 Å². The number of hydrogen-bond donors (Lipinski definition) is 1. The van der Waals surface area contributed by atoms with E-state index in [9.17, 15) is 5.21 Å². The third kappa shape index (κ3) is 1.45. The molecule has 0 amide bonds. The van der Waals surface area contributed by atoms with Gasteiger partial charge in [-0.1, -0.05) is 0 Å². The van der Waals surface area contributed by atoms with Crippen molar-refractivity contribution in [3.8, 4) is 0 Å². The van der Waals surface area contributed by atoms with Crippen LogP contribution in [0.3, 0.4) is 0 Å². The summed E-state index contributed by atoms with van der Waals surface area (Å²) in [5.41, 5.74) is 3.20. The van der Waals surface area contributed by atoms with Crippen LogP contribution in [0.5, 0.6) is 0 Å². The Morgan fingerprint density at radius 1 is 1.38 bits per heavy atom. The van der Waals surface area contributed by atoms with Gasteiger partial charge >= 0.3 is 0 Å². The first kappa shape index (κ1) is 8.66. The van der Waals surface area contributed by atoms with Crippen LogP contribution in [0.2, 0.25) is 0 Å². The molecule has 0 spiro atoms. The van der Waals surface area contributed by atoms with Crippen molar-refractivity contribution in [3.63, 3.8) is 0 Å². The molecule has 13 heavy (non-hydrogen) atoms. The maximum atomic E-state index is 9.32. The molecule has 3 nitrogen and oxygen atoms in total. The van der Waals surface area contributed by atoms with Crippen LogP contribution in [0.4, 0.5) is 0 Å². The zero-order valence-electron chi connectivity index (χ0n) is 8.15. The number of aromatic nitrogens is 1. The lowest BCUT2D eigenvalue weighted by Gasteiger charge is -2.01. The fourth-order valence-corrected chi connectivity index (χ4v) is 1.74. The highest BCUT2D eigenvalue weighted by Crippen LogP contribution is 2.39. The second kappa shape index (κ2) is 2.79. The molecule has 0 bridgehead atoms. The molecular formula is C10H14N2O. The molecule has 0 aromatic carbocycles. The first-order valence-electron chi connectivity index (χ1n) is 4.52. The largest absolute Gasteiger partial charge is 0.313 e. The molecular weight excluding hydrogens is 164 g/mol. The molecule has 2 unspecified atom stereocenters. The van der Waals surface area contributed by atoms with Gasteiger partial charge in [-0.3, -0.25) is 4.98 Å². The molecule has 3 atom stereocenters. The molecule has 1 aromatic heterocycles. The Bertz CT molecular complexity index is 309. The second-order valence-electron chi connectivity index (χ2n) is 3.78. The molecule has 3 heteroatoms. The van der Waals surface area contributed by atoms with Gasteiger partial charge in [0.05, 0.1) is 17.8 Å². The summed E-state index contributed by atoms with van der Waals surface area (Å²) in [6.45, 7) is 6.02. The fourth-order valence-electron chi connectivity index (χ4n) is 1.74. The smallest absolute Gasteiger partial charge is 0.0950 e. The van der Waals surface area contributed by atoms with Gasteiger partial charge in [0.15, 0.2) is 0 Å². The minimum atomic E-state index is 0.110. The Balaban J connectivity index is 2.31. The van der Waals surface area contributed by atoms with Gasteiger partial charge in [-0.05, 0) is 38.5 Å². The van der Waals surface area contributed by atoms with Gasteiger partial charge in [0.2, 0.25) is 0 Å². The molecule has 1 fully saturated rings. The van der Waals surface area contributed by atoms with Gasteiger partial charge in [0.1, 0.15) is 0 Å². The zero-order chi connectivity index (χ0) is 9.59. The molecule has 1 aromatic rings. The molecule has 1 aliphatic rings. The predicted octanol–water partition coefficient (Wildman–Crippen LogP) is 1.83. The highest BCUT2D eigenvalue weighted by molar-refractivity contribution is 5.25. The number of nitrogens with zero attached hydrogens (tertiary/aromatic N) is 2. The zero-order valence-corrected chi connectivity index (χ0v) is 8.15. The Labute approximate surface area is 78.0 Å². The topological polar surface area (TPSA) is 36.1 Å². The first-order chi connectivity index (χ1) is 6.09. The number of aryl methyl sites for hydroxylation is 2. The van der Waals surface area contributed by atoms with E-state index in [1.165, 1.54) is 10.6 Å². The van der Waals surface area contributed by atoms with Crippen LogP contribution in [-0.4, -0.2) is 21.3 Å². The SMILES string of the molecule is Cc1cc(C)nc([C@@H]2C(C)N2O)c1. The molecule has 2 rings (SSSR count). The Morgan fingerprint density at radius 2 is 2.00 bits per heavy atom. The van der Waals surface area contributed by atoms with E-state index in [4.69, 9.17) is 0 Å². The van der Waals surface area contributed by atoms with E-state index in [1.807, 2.05) is 32.9 Å². The molecule has 2 heterocycles. The molecule has 0 saturated carbocycles. The Kier molecular flexibility index (Phi) is 1.86. The lowest BCUT2D eigenvalue weighted by Crippen LogP contribution is -1.95. The van der Waals surface area contributed by atoms with Crippen molar-refractivity contribution in [1.29, 1.82) is 0 Å². The van der Waals surface area contributed by atoms with E-state index >= 15 is 0 Å². The normalized spacial score (nSPS) is 31.8. The summed E-state index contributed by atoms with van der Waals surface area (Å²) in [5, 5.41) is 10.7. The van der Waals surface area contributed by atoms with E-state index in [-0.39, 0.29) is 12.1 Å².